The van der Waals surface area contributed by atoms with E-state index >= 15 is 0 Å². The molecule has 0 atom stereocenters. The lowest BCUT2D eigenvalue weighted by molar-refractivity contribution is 0.800. The highest BCUT2D eigenvalue weighted by Gasteiger charge is 2.18. The van der Waals surface area contributed by atoms with E-state index in [1.807, 2.05) is 5.51 Å². The molecule has 0 saturated carbocycles. The summed E-state index contributed by atoms with van der Waals surface area (Å²) in [4.78, 5) is 15.4. The molecule has 0 aromatic carbocycles. The van der Waals surface area contributed by atoms with E-state index in [0.29, 0.717) is 5.92 Å². The normalized spacial score (nSPS) is 10.9. The lowest BCUT2D eigenvalue weighted by Crippen LogP contribution is -2.21. The van der Waals surface area contributed by atoms with Gasteiger partial charge in [-0.15, -0.1) is 11.3 Å². The Hall–Kier alpha value is -1.69. The molecule has 0 fully saturated rings. The number of anilines is 2. The molecule has 2 aromatic rings. The lowest BCUT2D eigenvalue weighted by Gasteiger charge is -2.23. The van der Waals surface area contributed by atoms with Crippen LogP contribution in [-0.2, 0) is 6.54 Å². The first-order valence-corrected chi connectivity index (χ1v) is 8.24. The zero-order chi connectivity index (χ0) is 15.2. The Bertz CT molecular complexity index is 553. The second-order valence-corrected chi connectivity index (χ2v) is 6.10. The Morgan fingerprint density at radius 2 is 2.10 bits per heavy atom. The van der Waals surface area contributed by atoms with Gasteiger partial charge in [-0.3, -0.25) is 0 Å². The van der Waals surface area contributed by atoms with E-state index in [1.165, 1.54) is 5.56 Å². The summed E-state index contributed by atoms with van der Waals surface area (Å²) < 4.78 is 0. The molecule has 2 aromatic heterocycles. The van der Waals surface area contributed by atoms with Crippen LogP contribution >= 0.6 is 11.3 Å². The fraction of sp³-hybridized carbons (Fsp3) is 0.533. The Morgan fingerprint density at radius 1 is 1.29 bits per heavy atom. The van der Waals surface area contributed by atoms with E-state index in [-0.39, 0.29) is 0 Å². The molecule has 1 N–H and O–H groups in total. The fourth-order valence-electron chi connectivity index (χ4n) is 2.24. The minimum atomic E-state index is 0.360. The average molecular weight is 305 g/mol. The van der Waals surface area contributed by atoms with Crippen molar-refractivity contribution in [1.82, 2.24) is 15.0 Å². The minimum absolute atomic E-state index is 0.360. The van der Waals surface area contributed by atoms with E-state index in [4.69, 9.17) is 0 Å². The van der Waals surface area contributed by atoms with Gasteiger partial charge in [0.25, 0.3) is 0 Å². The van der Waals surface area contributed by atoms with Crippen LogP contribution in [0.15, 0.2) is 17.2 Å². The number of rotatable bonds is 7. The third-order valence-corrected chi connectivity index (χ3v) is 3.86. The number of nitrogens with one attached hydrogen (secondary N) is 1. The third kappa shape index (κ3) is 3.91. The molecule has 0 bridgehead atoms. The van der Waals surface area contributed by atoms with Crippen molar-refractivity contribution in [2.75, 3.05) is 23.8 Å². The van der Waals surface area contributed by atoms with E-state index in [1.54, 1.807) is 17.7 Å². The predicted molar refractivity (Wildman–Crippen MR) is 89.1 cm³/mol. The van der Waals surface area contributed by atoms with Gasteiger partial charge in [0.1, 0.15) is 18.0 Å². The Labute approximate surface area is 130 Å². The minimum Gasteiger partial charge on any atom is -0.370 e. The first-order valence-electron chi connectivity index (χ1n) is 7.30. The van der Waals surface area contributed by atoms with Crippen LogP contribution in [0.1, 0.15) is 44.4 Å². The Morgan fingerprint density at radius 3 is 2.71 bits per heavy atom. The molecule has 0 saturated heterocycles. The van der Waals surface area contributed by atoms with Crippen LogP contribution in [0.3, 0.4) is 0 Å². The zero-order valence-electron chi connectivity index (χ0n) is 13.1. The highest BCUT2D eigenvalue weighted by atomic mass is 32.1. The summed E-state index contributed by atoms with van der Waals surface area (Å²) >= 11 is 1.62. The highest BCUT2D eigenvalue weighted by Crippen LogP contribution is 2.30. The number of nitrogens with zero attached hydrogens (tertiary/aromatic N) is 4. The summed E-state index contributed by atoms with van der Waals surface area (Å²) in [6.07, 6.45) is 2.71. The van der Waals surface area contributed by atoms with E-state index < -0.39 is 0 Å². The maximum Gasteiger partial charge on any atom is 0.137 e. The van der Waals surface area contributed by atoms with Gasteiger partial charge in [0, 0.05) is 24.5 Å². The fourth-order valence-corrected chi connectivity index (χ4v) is 2.79. The molecule has 5 nitrogen and oxygen atoms in total. The molecule has 114 valence electrons. The smallest absolute Gasteiger partial charge is 0.137 e. The average Bonchev–Trinajstić information content (AvgIpc) is 2.97. The van der Waals surface area contributed by atoms with Gasteiger partial charge in [-0.2, -0.15) is 0 Å². The molecular formula is C15H23N5S. The SMILES string of the molecule is CCCNc1ncnc(N(C)Cc2cscn2)c1C(C)C. The summed E-state index contributed by atoms with van der Waals surface area (Å²) in [5.41, 5.74) is 4.10. The van der Waals surface area contributed by atoms with E-state index in [2.05, 4.69) is 58.4 Å². The molecule has 21 heavy (non-hydrogen) atoms. The van der Waals surface area contributed by atoms with Crippen molar-refractivity contribution in [3.8, 4) is 0 Å². The van der Waals surface area contributed by atoms with Gasteiger partial charge >= 0.3 is 0 Å². The van der Waals surface area contributed by atoms with Gasteiger partial charge in [-0.25, -0.2) is 15.0 Å². The number of aromatic nitrogens is 3. The molecule has 0 aliphatic heterocycles. The van der Waals surface area contributed by atoms with Crippen molar-refractivity contribution in [1.29, 1.82) is 0 Å². The van der Waals surface area contributed by atoms with Crippen molar-refractivity contribution in [3.63, 3.8) is 0 Å². The molecule has 0 aliphatic carbocycles. The third-order valence-electron chi connectivity index (χ3n) is 3.23. The van der Waals surface area contributed by atoms with Crippen molar-refractivity contribution in [2.45, 2.75) is 39.7 Å². The summed E-state index contributed by atoms with van der Waals surface area (Å²) in [5.74, 6) is 2.28. The van der Waals surface area contributed by atoms with Crippen LogP contribution in [0.25, 0.3) is 0 Å². The zero-order valence-corrected chi connectivity index (χ0v) is 13.9. The molecule has 0 radical (unpaired) electrons. The summed E-state index contributed by atoms with van der Waals surface area (Å²) in [6.45, 7) is 8.18. The van der Waals surface area contributed by atoms with E-state index in [9.17, 15) is 0 Å². The van der Waals surface area contributed by atoms with Crippen molar-refractivity contribution >= 4 is 23.0 Å². The van der Waals surface area contributed by atoms with Gasteiger partial charge in [-0.05, 0) is 12.3 Å². The predicted octanol–water partition coefficient (Wildman–Crippen LogP) is 3.51. The van der Waals surface area contributed by atoms with Crippen molar-refractivity contribution < 1.29 is 0 Å². The van der Waals surface area contributed by atoms with Crippen LogP contribution < -0.4 is 10.2 Å². The second-order valence-electron chi connectivity index (χ2n) is 5.38. The Balaban J connectivity index is 2.28. The van der Waals surface area contributed by atoms with Gasteiger partial charge in [0.2, 0.25) is 0 Å². The lowest BCUT2D eigenvalue weighted by atomic mass is 10.0. The largest absolute Gasteiger partial charge is 0.370 e. The van der Waals surface area contributed by atoms with Gasteiger partial charge in [0.15, 0.2) is 0 Å². The summed E-state index contributed by atoms with van der Waals surface area (Å²) in [6, 6.07) is 0. The quantitative estimate of drug-likeness (QED) is 0.848. The summed E-state index contributed by atoms with van der Waals surface area (Å²) in [7, 11) is 2.05. The van der Waals surface area contributed by atoms with E-state index in [0.717, 1.165) is 36.8 Å². The molecular weight excluding hydrogens is 282 g/mol. The maximum atomic E-state index is 4.50. The van der Waals surface area contributed by atoms with Gasteiger partial charge in [-0.1, -0.05) is 20.8 Å². The topological polar surface area (TPSA) is 53.9 Å². The van der Waals surface area contributed by atoms with Crippen molar-refractivity contribution in [3.05, 3.63) is 28.5 Å². The van der Waals surface area contributed by atoms with Gasteiger partial charge < -0.3 is 10.2 Å². The monoisotopic (exact) mass is 305 g/mol. The first-order chi connectivity index (χ1) is 10.1. The molecule has 0 aliphatic rings. The number of thiazole rings is 1. The molecule has 6 heteroatoms. The van der Waals surface area contributed by atoms with Crippen LogP contribution in [0, 0.1) is 0 Å². The standard InChI is InChI=1S/C15H23N5S/c1-5-6-16-14-13(11(2)3)15(18-9-17-14)20(4)7-12-8-21-10-19-12/h8-11H,5-7H2,1-4H3,(H,16,17,18). The molecule has 2 rings (SSSR count). The Kier molecular flexibility index (Phi) is 5.50. The number of hydrogen-bond acceptors (Lipinski definition) is 6. The maximum absolute atomic E-state index is 4.50. The van der Waals surface area contributed by atoms with Gasteiger partial charge in [0.05, 0.1) is 17.7 Å². The van der Waals surface area contributed by atoms with Crippen molar-refractivity contribution in [2.24, 2.45) is 0 Å². The second kappa shape index (κ2) is 7.36. The van der Waals surface area contributed by atoms with Crippen LogP contribution in [0.4, 0.5) is 11.6 Å². The first kappa shape index (κ1) is 15.7. The molecule has 0 amide bonds. The summed E-state index contributed by atoms with van der Waals surface area (Å²) in [5, 5.41) is 5.48. The van der Waals surface area contributed by atoms with Crippen LogP contribution in [-0.4, -0.2) is 28.5 Å². The highest BCUT2D eigenvalue weighted by molar-refractivity contribution is 7.07. The molecule has 0 spiro atoms. The molecule has 2 heterocycles. The number of hydrogen-bond donors (Lipinski definition) is 1. The molecule has 0 unspecified atom stereocenters. The van der Waals surface area contributed by atoms with Crippen LogP contribution in [0.5, 0.6) is 0 Å². The van der Waals surface area contributed by atoms with Crippen LogP contribution in [0.2, 0.25) is 0 Å².